The van der Waals surface area contributed by atoms with E-state index in [9.17, 15) is 0 Å². The summed E-state index contributed by atoms with van der Waals surface area (Å²) < 4.78 is 5.94. The largest absolute Gasteiger partial charge is 0.457 e. The molecule has 0 radical (unpaired) electrons. The summed E-state index contributed by atoms with van der Waals surface area (Å²) in [7, 11) is 0. The van der Waals surface area contributed by atoms with Crippen molar-refractivity contribution < 1.29 is 4.74 Å². The van der Waals surface area contributed by atoms with Gasteiger partial charge in [-0.25, -0.2) is 0 Å². The molecule has 1 N–H and O–H groups in total. The van der Waals surface area contributed by atoms with Gasteiger partial charge in [-0.15, -0.1) is 0 Å². The van der Waals surface area contributed by atoms with Crippen molar-refractivity contribution in [1.29, 1.82) is 0 Å². The topological polar surface area (TPSA) is 34.1 Å². The minimum atomic E-state index is 0.764. The summed E-state index contributed by atoms with van der Waals surface area (Å²) in [6.07, 6.45) is 1.78. The van der Waals surface area contributed by atoms with Crippen molar-refractivity contribution in [2.75, 3.05) is 6.54 Å². The maximum atomic E-state index is 5.94. The summed E-state index contributed by atoms with van der Waals surface area (Å²) in [6.45, 7) is 7.94. The number of nitrogens with one attached hydrogen (secondary N) is 1. The molecule has 0 aliphatic heterocycles. The second-order valence-electron chi connectivity index (χ2n) is 4.56. The van der Waals surface area contributed by atoms with E-state index in [1.807, 2.05) is 24.3 Å². The van der Waals surface area contributed by atoms with E-state index in [0.717, 1.165) is 30.3 Å². The van der Waals surface area contributed by atoms with E-state index in [2.05, 4.69) is 37.1 Å². The predicted molar refractivity (Wildman–Crippen MR) is 77.6 cm³/mol. The van der Waals surface area contributed by atoms with Crippen molar-refractivity contribution in [3.63, 3.8) is 0 Å². The molecular formula is C16H20N2O. The number of hydrogen-bond acceptors (Lipinski definition) is 3. The number of rotatable bonds is 5. The highest BCUT2D eigenvalue weighted by atomic mass is 16.5. The highest BCUT2D eigenvalue weighted by Crippen LogP contribution is 2.26. The molecule has 2 aromatic rings. The molecule has 0 saturated carbocycles. The van der Waals surface area contributed by atoms with Gasteiger partial charge in [-0.3, -0.25) is 4.98 Å². The van der Waals surface area contributed by atoms with E-state index in [0.29, 0.717) is 0 Å². The van der Waals surface area contributed by atoms with Crippen LogP contribution in [0.4, 0.5) is 0 Å². The molecule has 0 aliphatic rings. The van der Waals surface area contributed by atoms with E-state index in [1.165, 1.54) is 11.1 Å². The second kappa shape index (κ2) is 6.34. The summed E-state index contributed by atoms with van der Waals surface area (Å²) in [5.41, 5.74) is 3.40. The van der Waals surface area contributed by atoms with E-state index in [4.69, 9.17) is 4.74 Å². The summed E-state index contributed by atoms with van der Waals surface area (Å²) in [5.74, 6) is 1.73. The first-order valence-corrected chi connectivity index (χ1v) is 6.60. The first-order valence-electron chi connectivity index (χ1n) is 6.60. The van der Waals surface area contributed by atoms with Crippen LogP contribution in [0.1, 0.15) is 23.7 Å². The Labute approximate surface area is 114 Å². The molecule has 0 fully saturated rings. The second-order valence-corrected chi connectivity index (χ2v) is 4.56. The lowest BCUT2D eigenvalue weighted by atomic mass is 10.1. The van der Waals surface area contributed by atoms with Crippen molar-refractivity contribution in [1.82, 2.24) is 10.3 Å². The average Bonchev–Trinajstić information content (AvgIpc) is 2.42. The van der Waals surface area contributed by atoms with Gasteiger partial charge in [0.25, 0.3) is 0 Å². The first-order chi connectivity index (χ1) is 9.20. The van der Waals surface area contributed by atoms with Crippen LogP contribution in [-0.2, 0) is 6.54 Å². The average molecular weight is 256 g/mol. The number of ether oxygens (including phenoxy) is 1. The fourth-order valence-electron chi connectivity index (χ4n) is 1.83. The Morgan fingerprint density at radius 2 is 2.05 bits per heavy atom. The lowest BCUT2D eigenvalue weighted by Crippen LogP contribution is -2.12. The van der Waals surface area contributed by atoms with Crippen LogP contribution in [0.25, 0.3) is 0 Å². The van der Waals surface area contributed by atoms with Crippen LogP contribution in [-0.4, -0.2) is 11.5 Å². The molecule has 0 amide bonds. The van der Waals surface area contributed by atoms with Gasteiger partial charge in [0, 0.05) is 18.8 Å². The Balaban J connectivity index is 2.16. The van der Waals surface area contributed by atoms with Gasteiger partial charge in [0.15, 0.2) is 0 Å². The van der Waals surface area contributed by atoms with Gasteiger partial charge in [0.2, 0.25) is 0 Å². The fraction of sp³-hybridized carbons (Fsp3) is 0.312. The maximum absolute atomic E-state index is 5.94. The van der Waals surface area contributed by atoms with Gasteiger partial charge in [-0.05, 0) is 43.7 Å². The molecule has 0 saturated heterocycles. The third-order valence-electron chi connectivity index (χ3n) is 3.13. The van der Waals surface area contributed by atoms with Crippen LogP contribution in [0.15, 0.2) is 36.5 Å². The maximum Gasteiger partial charge on any atom is 0.130 e. The molecule has 100 valence electrons. The number of aromatic nitrogens is 1. The molecule has 0 bridgehead atoms. The highest BCUT2D eigenvalue weighted by molar-refractivity contribution is 5.41. The Morgan fingerprint density at radius 3 is 2.84 bits per heavy atom. The zero-order valence-electron chi connectivity index (χ0n) is 11.7. The summed E-state index contributed by atoms with van der Waals surface area (Å²) >= 11 is 0. The minimum Gasteiger partial charge on any atom is -0.457 e. The monoisotopic (exact) mass is 256 g/mol. The molecule has 3 heteroatoms. The Kier molecular flexibility index (Phi) is 4.53. The quantitative estimate of drug-likeness (QED) is 0.887. The molecule has 3 nitrogen and oxygen atoms in total. The van der Waals surface area contributed by atoms with Crippen LogP contribution in [0.3, 0.4) is 0 Å². The predicted octanol–water partition coefficient (Wildman–Crippen LogP) is 3.60. The molecule has 0 unspecified atom stereocenters. The normalized spacial score (nSPS) is 10.5. The Hall–Kier alpha value is -1.87. The van der Waals surface area contributed by atoms with Crippen LogP contribution < -0.4 is 10.1 Å². The number of benzene rings is 1. The lowest BCUT2D eigenvalue weighted by Gasteiger charge is -2.11. The van der Waals surface area contributed by atoms with Gasteiger partial charge in [-0.2, -0.15) is 0 Å². The SMILES string of the molecule is CCNCc1cc(Oc2cccc(C)c2C)ccn1. The molecule has 1 aromatic heterocycles. The van der Waals surface area contributed by atoms with Gasteiger partial charge in [0.05, 0.1) is 5.69 Å². The number of nitrogens with zero attached hydrogens (tertiary/aromatic N) is 1. The van der Waals surface area contributed by atoms with Crippen molar-refractivity contribution in [2.24, 2.45) is 0 Å². The van der Waals surface area contributed by atoms with Crippen LogP contribution in [0, 0.1) is 13.8 Å². The van der Waals surface area contributed by atoms with Crippen LogP contribution >= 0.6 is 0 Å². The molecule has 0 atom stereocenters. The summed E-state index contributed by atoms with van der Waals surface area (Å²) in [6, 6.07) is 9.96. The zero-order chi connectivity index (χ0) is 13.7. The molecule has 1 aromatic carbocycles. The number of hydrogen-bond donors (Lipinski definition) is 1. The van der Waals surface area contributed by atoms with Gasteiger partial charge in [0.1, 0.15) is 11.5 Å². The van der Waals surface area contributed by atoms with Crippen molar-refractivity contribution in [3.05, 3.63) is 53.3 Å². The van der Waals surface area contributed by atoms with E-state index in [-0.39, 0.29) is 0 Å². The smallest absolute Gasteiger partial charge is 0.130 e. The van der Waals surface area contributed by atoms with Gasteiger partial charge < -0.3 is 10.1 Å². The molecule has 1 heterocycles. The molecule has 0 aliphatic carbocycles. The van der Waals surface area contributed by atoms with E-state index >= 15 is 0 Å². The Morgan fingerprint density at radius 1 is 1.21 bits per heavy atom. The zero-order valence-corrected chi connectivity index (χ0v) is 11.7. The third-order valence-corrected chi connectivity index (χ3v) is 3.13. The number of aryl methyl sites for hydroxylation is 1. The van der Waals surface area contributed by atoms with E-state index in [1.54, 1.807) is 6.20 Å². The summed E-state index contributed by atoms with van der Waals surface area (Å²) in [4.78, 5) is 4.32. The number of pyridine rings is 1. The summed E-state index contributed by atoms with van der Waals surface area (Å²) in [5, 5.41) is 3.26. The van der Waals surface area contributed by atoms with Crippen molar-refractivity contribution >= 4 is 0 Å². The highest BCUT2D eigenvalue weighted by Gasteiger charge is 2.04. The van der Waals surface area contributed by atoms with Crippen molar-refractivity contribution in [2.45, 2.75) is 27.3 Å². The van der Waals surface area contributed by atoms with Crippen LogP contribution in [0.5, 0.6) is 11.5 Å². The standard InChI is InChI=1S/C16H20N2O/c1-4-17-11-14-10-15(8-9-18-14)19-16-7-5-6-12(2)13(16)3/h5-10,17H,4,11H2,1-3H3. The fourth-order valence-corrected chi connectivity index (χ4v) is 1.83. The Bertz CT molecular complexity index is 552. The van der Waals surface area contributed by atoms with Gasteiger partial charge >= 0.3 is 0 Å². The van der Waals surface area contributed by atoms with Crippen LogP contribution in [0.2, 0.25) is 0 Å². The van der Waals surface area contributed by atoms with Crippen molar-refractivity contribution in [3.8, 4) is 11.5 Å². The minimum absolute atomic E-state index is 0.764. The molecule has 0 spiro atoms. The molecule has 19 heavy (non-hydrogen) atoms. The van der Waals surface area contributed by atoms with Gasteiger partial charge in [-0.1, -0.05) is 19.1 Å². The third kappa shape index (κ3) is 3.55. The first kappa shape index (κ1) is 13.6. The van der Waals surface area contributed by atoms with E-state index < -0.39 is 0 Å². The lowest BCUT2D eigenvalue weighted by molar-refractivity contribution is 0.476. The molecule has 2 rings (SSSR count). The molecular weight excluding hydrogens is 236 g/mol.